The molecule has 2 aromatic carbocycles. The molecule has 1 N–H and O–H groups in total. The predicted octanol–water partition coefficient (Wildman–Crippen LogP) is 4.74. The van der Waals surface area contributed by atoms with Crippen LogP contribution >= 0.6 is 0 Å². The molecule has 5 nitrogen and oxygen atoms in total. The summed E-state index contributed by atoms with van der Waals surface area (Å²) in [4.78, 5) is 12.1. The highest BCUT2D eigenvalue weighted by Crippen LogP contribution is 2.26. The number of hydrogen-bond acceptors (Lipinski definition) is 3. The number of benzene rings is 2. The van der Waals surface area contributed by atoms with Crippen molar-refractivity contribution in [2.45, 2.75) is 39.0 Å². The molecule has 1 atom stereocenters. The quantitative estimate of drug-likeness (QED) is 0.649. The Balaban J connectivity index is 2.06. The minimum Gasteiger partial charge on any atom is -0.478 e. The molecular formula is C23H23N3O2. The Bertz CT molecular complexity index is 999. The van der Waals surface area contributed by atoms with E-state index in [0.29, 0.717) is 35.4 Å². The van der Waals surface area contributed by atoms with Crippen LogP contribution in [-0.4, -0.2) is 20.9 Å². The van der Waals surface area contributed by atoms with Crippen LogP contribution in [0, 0.1) is 11.3 Å². The molecule has 0 saturated heterocycles. The molecule has 28 heavy (non-hydrogen) atoms. The summed E-state index contributed by atoms with van der Waals surface area (Å²) in [5, 5.41) is 23.6. The zero-order valence-corrected chi connectivity index (χ0v) is 16.1. The van der Waals surface area contributed by atoms with Crippen LogP contribution < -0.4 is 0 Å². The average Bonchev–Trinajstić information content (AvgIpc) is 3.07. The fourth-order valence-electron chi connectivity index (χ4n) is 3.44. The molecular weight excluding hydrogens is 350 g/mol. The van der Waals surface area contributed by atoms with Crippen molar-refractivity contribution < 1.29 is 9.90 Å². The van der Waals surface area contributed by atoms with E-state index < -0.39 is 5.97 Å². The highest BCUT2D eigenvalue weighted by molar-refractivity contribution is 5.90. The lowest BCUT2D eigenvalue weighted by molar-refractivity contribution is 0.0694. The molecule has 0 bridgehead atoms. The van der Waals surface area contributed by atoms with Gasteiger partial charge >= 0.3 is 5.97 Å². The molecule has 1 unspecified atom stereocenters. The number of aromatic carboxylic acids is 1. The van der Waals surface area contributed by atoms with Gasteiger partial charge in [0.15, 0.2) is 0 Å². The van der Waals surface area contributed by atoms with Gasteiger partial charge in [0.25, 0.3) is 0 Å². The lowest BCUT2D eigenvalue weighted by Crippen LogP contribution is -2.08. The van der Waals surface area contributed by atoms with Crippen LogP contribution in [-0.2, 0) is 12.8 Å². The summed E-state index contributed by atoms with van der Waals surface area (Å²) in [6.07, 6.45) is 1.98. The number of carboxylic acids is 1. The van der Waals surface area contributed by atoms with E-state index in [1.807, 2.05) is 25.1 Å². The summed E-state index contributed by atoms with van der Waals surface area (Å²) in [7, 11) is 0. The van der Waals surface area contributed by atoms with E-state index in [2.05, 4.69) is 25.1 Å². The number of carboxylic acid groups (broad SMARTS) is 1. The van der Waals surface area contributed by atoms with Gasteiger partial charge in [0.2, 0.25) is 0 Å². The van der Waals surface area contributed by atoms with E-state index in [1.165, 1.54) is 0 Å². The first-order valence-corrected chi connectivity index (χ1v) is 9.44. The van der Waals surface area contributed by atoms with Gasteiger partial charge in [-0.3, -0.25) is 0 Å². The number of nitriles is 1. The lowest BCUT2D eigenvalue weighted by Gasteiger charge is -2.10. The van der Waals surface area contributed by atoms with E-state index in [0.717, 1.165) is 17.7 Å². The third kappa shape index (κ3) is 3.96. The smallest absolute Gasteiger partial charge is 0.339 e. The molecule has 0 radical (unpaired) electrons. The lowest BCUT2D eigenvalue weighted by atomic mass is 9.94. The maximum atomic E-state index is 12.1. The summed E-state index contributed by atoms with van der Waals surface area (Å²) in [5.74, 6) is -0.795. The molecule has 0 aliphatic rings. The van der Waals surface area contributed by atoms with Crippen molar-refractivity contribution in [2.75, 3.05) is 0 Å². The Morgan fingerprint density at radius 2 is 1.86 bits per heavy atom. The van der Waals surface area contributed by atoms with Crippen molar-refractivity contribution >= 4 is 5.97 Å². The molecule has 1 aromatic heterocycles. The normalized spacial score (nSPS) is 11.8. The van der Waals surface area contributed by atoms with Gasteiger partial charge in [-0.15, -0.1) is 0 Å². The van der Waals surface area contributed by atoms with Crippen molar-refractivity contribution in [1.29, 1.82) is 5.26 Å². The predicted molar refractivity (Wildman–Crippen MR) is 108 cm³/mol. The molecule has 3 aromatic rings. The van der Waals surface area contributed by atoms with Gasteiger partial charge in [-0.25, -0.2) is 9.48 Å². The van der Waals surface area contributed by atoms with Crippen LogP contribution in [0.25, 0.3) is 5.69 Å². The Kier molecular flexibility index (Phi) is 5.90. The van der Waals surface area contributed by atoms with E-state index in [9.17, 15) is 9.90 Å². The number of hydrogen-bond donors (Lipinski definition) is 1. The standard InChI is InChI=1S/C23H23N3O2/c1-3-7-21-22(23(27)28)20(14-16(2)18-8-5-4-6-9-18)25-26(21)19-12-10-17(15-24)11-13-19/h4-6,8-13,16H,3,7,14H2,1-2H3,(H,27,28). The first-order chi connectivity index (χ1) is 13.5. The van der Waals surface area contributed by atoms with Crippen molar-refractivity contribution in [3.8, 4) is 11.8 Å². The largest absolute Gasteiger partial charge is 0.478 e. The number of carbonyl (C=O) groups is 1. The van der Waals surface area contributed by atoms with E-state index >= 15 is 0 Å². The second-order valence-electron chi connectivity index (χ2n) is 6.91. The van der Waals surface area contributed by atoms with Gasteiger partial charge in [-0.2, -0.15) is 10.4 Å². The Morgan fingerprint density at radius 3 is 2.43 bits per heavy atom. The van der Waals surface area contributed by atoms with Crippen LogP contribution in [0.1, 0.15) is 59.1 Å². The molecule has 5 heteroatoms. The van der Waals surface area contributed by atoms with Gasteiger partial charge < -0.3 is 5.11 Å². The second-order valence-corrected chi connectivity index (χ2v) is 6.91. The van der Waals surface area contributed by atoms with Crippen LogP contribution in [0.2, 0.25) is 0 Å². The Labute approximate surface area is 164 Å². The van der Waals surface area contributed by atoms with Crippen molar-refractivity contribution in [3.63, 3.8) is 0 Å². The summed E-state index contributed by atoms with van der Waals surface area (Å²) < 4.78 is 1.72. The van der Waals surface area contributed by atoms with Gasteiger partial charge in [0, 0.05) is 0 Å². The molecule has 0 amide bonds. The van der Waals surface area contributed by atoms with Crippen LogP contribution in [0.5, 0.6) is 0 Å². The maximum Gasteiger partial charge on any atom is 0.339 e. The zero-order valence-electron chi connectivity index (χ0n) is 16.1. The zero-order chi connectivity index (χ0) is 20.1. The minimum atomic E-state index is -0.946. The van der Waals surface area contributed by atoms with Gasteiger partial charge in [-0.05, 0) is 48.6 Å². The molecule has 0 aliphatic carbocycles. The molecule has 0 spiro atoms. The Morgan fingerprint density at radius 1 is 1.18 bits per heavy atom. The summed E-state index contributed by atoms with van der Waals surface area (Å²) in [6.45, 7) is 4.11. The summed E-state index contributed by atoms with van der Waals surface area (Å²) in [5.41, 5.74) is 4.08. The van der Waals surface area contributed by atoms with Crippen molar-refractivity contribution in [1.82, 2.24) is 9.78 Å². The molecule has 0 aliphatic heterocycles. The third-order valence-electron chi connectivity index (χ3n) is 4.86. The van der Waals surface area contributed by atoms with Crippen LogP contribution in [0.15, 0.2) is 54.6 Å². The molecule has 3 rings (SSSR count). The van der Waals surface area contributed by atoms with E-state index in [4.69, 9.17) is 10.4 Å². The van der Waals surface area contributed by atoms with Gasteiger partial charge in [-0.1, -0.05) is 50.6 Å². The topological polar surface area (TPSA) is 78.9 Å². The fraction of sp³-hybridized carbons (Fsp3) is 0.261. The minimum absolute atomic E-state index is 0.151. The van der Waals surface area contributed by atoms with Gasteiger partial charge in [0.1, 0.15) is 5.56 Å². The summed E-state index contributed by atoms with van der Waals surface area (Å²) >= 11 is 0. The van der Waals surface area contributed by atoms with Crippen LogP contribution in [0.4, 0.5) is 0 Å². The Hall–Kier alpha value is -3.39. The number of rotatable bonds is 7. The summed E-state index contributed by atoms with van der Waals surface area (Å²) in [6, 6.07) is 19.2. The number of aromatic nitrogens is 2. The third-order valence-corrected chi connectivity index (χ3v) is 4.86. The fourth-order valence-corrected chi connectivity index (χ4v) is 3.44. The SMILES string of the molecule is CCCc1c(C(=O)O)c(CC(C)c2ccccc2)nn1-c1ccc(C#N)cc1. The highest BCUT2D eigenvalue weighted by atomic mass is 16.4. The van der Waals surface area contributed by atoms with Crippen molar-refractivity contribution in [2.24, 2.45) is 0 Å². The van der Waals surface area contributed by atoms with Crippen molar-refractivity contribution in [3.05, 3.63) is 82.7 Å². The first-order valence-electron chi connectivity index (χ1n) is 9.44. The highest BCUT2D eigenvalue weighted by Gasteiger charge is 2.25. The first kappa shape index (κ1) is 19.4. The molecule has 0 fully saturated rings. The molecule has 0 saturated carbocycles. The number of nitrogens with zero attached hydrogens (tertiary/aromatic N) is 3. The molecule has 142 valence electrons. The second kappa shape index (κ2) is 8.53. The molecule has 1 heterocycles. The monoisotopic (exact) mass is 373 g/mol. The van der Waals surface area contributed by atoms with Crippen LogP contribution in [0.3, 0.4) is 0 Å². The van der Waals surface area contributed by atoms with E-state index in [1.54, 1.807) is 28.9 Å². The average molecular weight is 373 g/mol. The van der Waals surface area contributed by atoms with Gasteiger partial charge in [0.05, 0.1) is 28.7 Å². The maximum absolute atomic E-state index is 12.1. The van der Waals surface area contributed by atoms with E-state index in [-0.39, 0.29) is 5.92 Å².